The Morgan fingerprint density at radius 3 is 2.53 bits per heavy atom. The molecule has 0 aliphatic heterocycles. The van der Waals surface area contributed by atoms with Crippen LogP contribution >= 0.6 is 0 Å². The Bertz CT molecular complexity index is 247. The maximum atomic E-state index is 11.1. The van der Waals surface area contributed by atoms with Gasteiger partial charge in [0.2, 0.25) is 0 Å². The quantitative estimate of drug-likeness (QED) is 0.669. The second-order valence-electron chi connectivity index (χ2n) is 5.33. The van der Waals surface area contributed by atoms with Gasteiger partial charge < -0.3 is 4.74 Å². The van der Waals surface area contributed by atoms with E-state index in [0.29, 0.717) is 5.92 Å². The number of carbonyl (C=O) groups excluding carboxylic acids is 1. The van der Waals surface area contributed by atoms with E-state index in [0.717, 1.165) is 24.2 Å². The molecule has 2 saturated carbocycles. The lowest BCUT2D eigenvalue weighted by Crippen LogP contribution is -2.34. The fourth-order valence-corrected chi connectivity index (χ4v) is 3.91. The van der Waals surface area contributed by atoms with Gasteiger partial charge in [-0.2, -0.15) is 0 Å². The van der Waals surface area contributed by atoms with Crippen molar-refractivity contribution in [1.82, 2.24) is 0 Å². The molecule has 0 spiro atoms. The van der Waals surface area contributed by atoms with Gasteiger partial charge in [-0.1, -0.05) is 13.8 Å². The summed E-state index contributed by atoms with van der Waals surface area (Å²) < 4.78 is 5.47. The van der Waals surface area contributed by atoms with Gasteiger partial charge in [-0.15, -0.1) is 0 Å². The molecule has 15 heavy (non-hydrogen) atoms. The maximum absolute atomic E-state index is 11.1. The third kappa shape index (κ3) is 1.91. The van der Waals surface area contributed by atoms with E-state index in [2.05, 4.69) is 13.8 Å². The first-order chi connectivity index (χ1) is 7.13. The normalized spacial score (nSPS) is 40.5. The molecule has 2 bridgehead atoms. The van der Waals surface area contributed by atoms with Crippen molar-refractivity contribution in [3.63, 3.8) is 0 Å². The van der Waals surface area contributed by atoms with Gasteiger partial charge in [0.15, 0.2) is 0 Å². The Morgan fingerprint density at radius 1 is 1.40 bits per heavy atom. The van der Waals surface area contributed by atoms with E-state index in [9.17, 15) is 4.79 Å². The first kappa shape index (κ1) is 11.0. The number of hydrogen-bond acceptors (Lipinski definition) is 2. The predicted molar refractivity (Wildman–Crippen MR) is 59.3 cm³/mol. The lowest BCUT2D eigenvalue weighted by Gasteiger charge is -2.34. The summed E-state index contributed by atoms with van der Waals surface area (Å²) in [5, 5.41) is 0. The highest BCUT2D eigenvalue weighted by Crippen LogP contribution is 2.54. The standard InChI is InChI=1S/C13H22O2/c1-4-12(15-9(3)14)13-8(2)10-5-6-11(13)7-10/h8,10-13H,4-7H2,1-3H3. The van der Waals surface area contributed by atoms with Crippen LogP contribution in [0.1, 0.15) is 46.5 Å². The van der Waals surface area contributed by atoms with Gasteiger partial charge in [0.25, 0.3) is 0 Å². The predicted octanol–water partition coefficient (Wildman–Crippen LogP) is 3.01. The third-order valence-corrected chi connectivity index (χ3v) is 4.56. The van der Waals surface area contributed by atoms with Crippen molar-refractivity contribution >= 4 is 5.97 Å². The number of ether oxygens (including phenoxy) is 1. The second kappa shape index (κ2) is 4.15. The summed E-state index contributed by atoms with van der Waals surface area (Å²) >= 11 is 0. The SMILES string of the molecule is CCC(OC(C)=O)C1C2CCC(C2)C1C. The molecule has 0 aromatic rings. The molecule has 2 heteroatoms. The highest BCUT2D eigenvalue weighted by Gasteiger charge is 2.48. The van der Waals surface area contributed by atoms with Crippen molar-refractivity contribution in [2.45, 2.75) is 52.6 Å². The minimum atomic E-state index is -0.114. The Kier molecular flexibility index (Phi) is 3.03. The Hall–Kier alpha value is -0.530. The van der Waals surface area contributed by atoms with Crippen molar-refractivity contribution in [3.8, 4) is 0 Å². The van der Waals surface area contributed by atoms with Gasteiger partial charge in [0.1, 0.15) is 6.10 Å². The largest absolute Gasteiger partial charge is 0.462 e. The summed E-state index contributed by atoms with van der Waals surface area (Å²) in [6.45, 7) is 6.01. The van der Waals surface area contributed by atoms with Crippen LogP contribution in [-0.4, -0.2) is 12.1 Å². The molecule has 0 amide bonds. The maximum Gasteiger partial charge on any atom is 0.302 e. The van der Waals surface area contributed by atoms with E-state index in [4.69, 9.17) is 4.74 Å². The zero-order valence-electron chi connectivity index (χ0n) is 10.0. The van der Waals surface area contributed by atoms with E-state index in [1.807, 2.05) is 0 Å². The zero-order valence-corrected chi connectivity index (χ0v) is 10.0. The molecule has 86 valence electrons. The molecule has 0 N–H and O–H groups in total. The molecule has 0 heterocycles. The van der Waals surface area contributed by atoms with E-state index >= 15 is 0 Å². The Balaban J connectivity index is 2.04. The van der Waals surface area contributed by atoms with Crippen molar-refractivity contribution in [1.29, 1.82) is 0 Å². The minimum absolute atomic E-state index is 0.114. The molecule has 2 aliphatic carbocycles. The third-order valence-electron chi connectivity index (χ3n) is 4.56. The van der Waals surface area contributed by atoms with Crippen molar-refractivity contribution in [2.75, 3.05) is 0 Å². The second-order valence-corrected chi connectivity index (χ2v) is 5.33. The van der Waals surface area contributed by atoms with Crippen LogP contribution in [0.2, 0.25) is 0 Å². The Labute approximate surface area is 92.4 Å². The van der Waals surface area contributed by atoms with Crippen LogP contribution in [-0.2, 0) is 9.53 Å². The minimum Gasteiger partial charge on any atom is -0.462 e. The lowest BCUT2D eigenvalue weighted by molar-refractivity contribution is -0.151. The first-order valence-electron chi connectivity index (χ1n) is 6.30. The van der Waals surface area contributed by atoms with Crippen LogP contribution < -0.4 is 0 Å². The summed E-state index contributed by atoms with van der Waals surface area (Å²) in [6, 6.07) is 0. The van der Waals surface area contributed by atoms with Crippen LogP contribution in [0.3, 0.4) is 0 Å². The van der Waals surface area contributed by atoms with Gasteiger partial charge in [-0.25, -0.2) is 0 Å². The summed E-state index contributed by atoms with van der Waals surface area (Å²) in [4.78, 5) is 11.1. The molecule has 5 atom stereocenters. The summed E-state index contributed by atoms with van der Waals surface area (Å²) in [5.41, 5.74) is 0. The highest BCUT2D eigenvalue weighted by atomic mass is 16.5. The van der Waals surface area contributed by atoms with Gasteiger partial charge in [-0.05, 0) is 43.4 Å². The Morgan fingerprint density at radius 2 is 2.07 bits per heavy atom. The van der Waals surface area contributed by atoms with Crippen LogP contribution in [0.15, 0.2) is 0 Å². The first-order valence-corrected chi connectivity index (χ1v) is 6.30. The molecule has 0 saturated heterocycles. The van der Waals surface area contributed by atoms with Crippen LogP contribution in [0, 0.1) is 23.7 Å². The fraction of sp³-hybridized carbons (Fsp3) is 0.923. The van der Waals surface area contributed by atoms with Gasteiger partial charge in [-0.3, -0.25) is 4.79 Å². The average molecular weight is 210 g/mol. The van der Waals surface area contributed by atoms with E-state index in [1.165, 1.54) is 26.2 Å². The smallest absolute Gasteiger partial charge is 0.302 e. The van der Waals surface area contributed by atoms with Crippen molar-refractivity contribution < 1.29 is 9.53 Å². The van der Waals surface area contributed by atoms with Gasteiger partial charge >= 0.3 is 5.97 Å². The summed E-state index contributed by atoms with van der Waals surface area (Å²) in [5.74, 6) is 3.02. The summed E-state index contributed by atoms with van der Waals surface area (Å²) in [7, 11) is 0. The molecular formula is C13H22O2. The van der Waals surface area contributed by atoms with E-state index in [1.54, 1.807) is 0 Å². The molecule has 2 aliphatic rings. The fourth-order valence-electron chi connectivity index (χ4n) is 3.91. The number of hydrogen-bond donors (Lipinski definition) is 0. The molecule has 2 rings (SSSR count). The monoisotopic (exact) mass is 210 g/mol. The number of fused-ring (bicyclic) bond motifs is 2. The number of esters is 1. The zero-order chi connectivity index (χ0) is 11.0. The molecule has 2 nitrogen and oxygen atoms in total. The highest BCUT2D eigenvalue weighted by molar-refractivity contribution is 5.66. The molecule has 0 aromatic carbocycles. The van der Waals surface area contributed by atoms with E-state index in [-0.39, 0.29) is 12.1 Å². The van der Waals surface area contributed by atoms with Crippen LogP contribution in [0.25, 0.3) is 0 Å². The molecule has 2 fully saturated rings. The lowest BCUT2D eigenvalue weighted by atomic mass is 9.76. The molecule has 5 unspecified atom stereocenters. The van der Waals surface area contributed by atoms with Crippen LogP contribution in [0.4, 0.5) is 0 Å². The van der Waals surface area contributed by atoms with Gasteiger partial charge in [0.05, 0.1) is 0 Å². The number of rotatable bonds is 3. The number of carbonyl (C=O) groups is 1. The molecular weight excluding hydrogens is 188 g/mol. The van der Waals surface area contributed by atoms with Crippen molar-refractivity contribution in [2.24, 2.45) is 23.7 Å². The topological polar surface area (TPSA) is 26.3 Å². The molecule has 0 aromatic heterocycles. The van der Waals surface area contributed by atoms with Crippen LogP contribution in [0.5, 0.6) is 0 Å². The van der Waals surface area contributed by atoms with Crippen molar-refractivity contribution in [3.05, 3.63) is 0 Å². The molecule has 0 radical (unpaired) electrons. The summed E-state index contributed by atoms with van der Waals surface area (Å²) in [6.07, 6.45) is 5.28. The average Bonchev–Trinajstić information content (AvgIpc) is 2.74. The van der Waals surface area contributed by atoms with E-state index < -0.39 is 0 Å². The van der Waals surface area contributed by atoms with Gasteiger partial charge in [0, 0.05) is 12.8 Å².